The Morgan fingerprint density at radius 2 is 1.54 bits per heavy atom. The topological polar surface area (TPSA) is 70.2 Å². The van der Waals surface area contributed by atoms with Crippen molar-refractivity contribution in [3.63, 3.8) is 0 Å². The molecule has 1 aromatic rings. The maximum Gasteiger partial charge on any atom is 0.314 e. The molecule has 132 valence electrons. The van der Waals surface area contributed by atoms with E-state index in [2.05, 4.69) is 16.0 Å². The second-order valence-electron chi connectivity index (χ2n) is 6.45. The van der Waals surface area contributed by atoms with Crippen LogP contribution in [-0.4, -0.2) is 32.1 Å². The number of rotatable bonds is 6. The van der Waals surface area contributed by atoms with Crippen LogP contribution < -0.4 is 16.0 Å². The molecule has 2 rings (SSSR count). The second-order valence-corrected chi connectivity index (χ2v) is 6.89. The highest BCUT2D eigenvalue weighted by molar-refractivity contribution is 6.30. The van der Waals surface area contributed by atoms with E-state index < -0.39 is 0 Å². The molecule has 3 amide bonds. The molecule has 1 aromatic carbocycles. The first-order valence-corrected chi connectivity index (χ1v) is 8.91. The molecule has 0 aromatic heterocycles. The van der Waals surface area contributed by atoms with Crippen LogP contribution in [0, 0.1) is 11.8 Å². The van der Waals surface area contributed by atoms with Crippen molar-refractivity contribution >= 4 is 23.5 Å². The quantitative estimate of drug-likeness (QED) is 0.737. The van der Waals surface area contributed by atoms with Gasteiger partial charge in [0.1, 0.15) is 0 Å². The van der Waals surface area contributed by atoms with Crippen molar-refractivity contribution < 1.29 is 9.59 Å². The van der Waals surface area contributed by atoms with Gasteiger partial charge in [0.05, 0.1) is 6.42 Å². The molecule has 0 atom stereocenters. The summed E-state index contributed by atoms with van der Waals surface area (Å²) in [6, 6.07) is 7.25. The van der Waals surface area contributed by atoms with Crippen molar-refractivity contribution in [1.29, 1.82) is 0 Å². The van der Waals surface area contributed by atoms with E-state index in [0.29, 0.717) is 23.3 Å². The molecule has 24 heavy (non-hydrogen) atoms. The Labute approximate surface area is 148 Å². The maximum absolute atomic E-state index is 12.0. The highest BCUT2D eigenvalue weighted by Crippen LogP contribution is 2.27. The lowest BCUT2D eigenvalue weighted by molar-refractivity contribution is -0.120. The van der Waals surface area contributed by atoms with Gasteiger partial charge in [-0.15, -0.1) is 0 Å². The zero-order chi connectivity index (χ0) is 17.4. The highest BCUT2D eigenvalue weighted by atomic mass is 35.5. The van der Waals surface area contributed by atoms with Gasteiger partial charge in [-0.3, -0.25) is 4.79 Å². The number of nitrogens with one attached hydrogen (secondary N) is 3. The molecule has 0 spiro atoms. The Morgan fingerprint density at radius 1 is 1.00 bits per heavy atom. The molecule has 0 aliphatic heterocycles. The van der Waals surface area contributed by atoms with Crippen molar-refractivity contribution in [3.05, 3.63) is 34.9 Å². The lowest BCUT2D eigenvalue weighted by atomic mass is 9.82. The molecule has 0 heterocycles. The van der Waals surface area contributed by atoms with Gasteiger partial charge in [-0.25, -0.2) is 4.79 Å². The summed E-state index contributed by atoms with van der Waals surface area (Å²) in [5.41, 5.74) is 0.973. The predicted molar refractivity (Wildman–Crippen MR) is 96.1 cm³/mol. The van der Waals surface area contributed by atoms with Crippen LogP contribution in [0.1, 0.15) is 31.2 Å². The molecule has 1 aliphatic carbocycles. The first kappa shape index (κ1) is 18.6. The lowest BCUT2D eigenvalue weighted by Crippen LogP contribution is -2.38. The molecule has 6 heteroatoms. The van der Waals surface area contributed by atoms with Gasteiger partial charge in [0.2, 0.25) is 5.91 Å². The zero-order valence-corrected chi connectivity index (χ0v) is 14.9. The number of urea groups is 1. The number of amides is 3. The SMILES string of the molecule is CNC(=O)NCC1CCC(CNC(=O)Cc2ccc(Cl)cc2)CC1. The minimum absolute atomic E-state index is 0.0562. The van der Waals surface area contributed by atoms with E-state index in [1.807, 2.05) is 12.1 Å². The summed E-state index contributed by atoms with van der Waals surface area (Å²) in [6.45, 7) is 1.47. The second kappa shape index (κ2) is 9.52. The van der Waals surface area contributed by atoms with Gasteiger partial charge >= 0.3 is 6.03 Å². The number of halogens is 1. The van der Waals surface area contributed by atoms with Gasteiger partial charge in [0, 0.05) is 25.2 Å². The molecule has 0 saturated heterocycles. The average molecular weight is 352 g/mol. The Morgan fingerprint density at radius 3 is 2.08 bits per heavy atom. The van der Waals surface area contributed by atoms with E-state index in [4.69, 9.17) is 11.6 Å². The smallest absolute Gasteiger partial charge is 0.314 e. The first-order valence-electron chi connectivity index (χ1n) is 8.53. The number of hydrogen-bond donors (Lipinski definition) is 3. The zero-order valence-electron chi connectivity index (χ0n) is 14.1. The molecule has 5 nitrogen and oxygen atoms in total. The molecule has 0 radical (unpaired) electrons. The van der Waals surface area contributed by atoms with Crippen LogP contribution in [0.3, 0.4) is 0 Å². The van der Waals surface area contributed by atoms with E-state index in [9.17, 15) is 9.59 Å². The fraction of sp³-hybridized carbons (Fsp3) is 0.556. The lowest BCUT2D eigenvalue weighted by Gasteiger charge is -2.28. The summed E-state index contributed by atoms with van der Waals surface area (Å²) in [6.07, 6.45) is 4.79. The predicted octanol–water partition coefficient (Wildman–Crippen LogP) is 2.73. The molecule has 0 unspecified atom stereocenters. The van der Waals surface area contributed by atoms with Crippen molar-refractivity contribution in [3.8, 4) is 0 Å². The number of benzene rings is 1. The van der Waals surface area contributed by atoms with Gasteiger partial charge in [0.25, 0.3) is 0 Å². The highest BCUT2D eigenvalue weighted by Gasteiger charge is 2.21. The minimum atomic E-state index is -0.119. The van der Waals surface area contributed by atoms with Crippen LogP contribution >= 0.6 is 11.6 Å². The van der Waals surface area contributed by atoms with Gasteiger partial charge in [-0.1, -0.05) is 23.7 Å². The molecular weight excluding hydrogens is 326 g/mol. The maximum atomic E-state index is 12.0. The van der Waals surface area contributed by atoms with E-state index >= 15 is 0 Å². The van der Waals surface area contributed by atoms with Gasteiger partial charge in [-0.2, -0.15) is 0 Å². The summed E-state index contributed by atoms with van der Waals surface area (Å²) >= 11 is 5.84. The average Bonchev–Trinajstić information content (AvgIpc) is 2.60. The molecule has 1 fully saturated rings. The largest absolute Gasteiger partial charge is 0.356 e. The summed E-state index contributed by atoms with van der Waals surface area (Å²) in [5.74, 6) is 1.14. The first-order chi connectivity index (χ1) is 11.6. The Kier molecular flexibility index (Phi) is 7.37. The third-order valence-electron chi connectivity index (χ3n) is 4.61. The third kappa shape index (κ3) is 6.40. The fourth-order valence-electron chi connectivity index (χ4n) is 3.07. The Hall–Kier alpha value is -1.75. The van der Waals surface area contributed by atoms with Crippen LogP contribution in [0.15, 0.2) is 24.3 Å². The normalized spacial score (nSPS) is 20.2. The van der Waals surface area contributed by atoms with E-state index in [1.54, 1.807) is 19.2 Å². The standard InChI is InChI=1S/C18H26ClN3O2/c1-20-18(24)22-12-15-4-2-14(3-5-15)11-21-17(23)10-13-6-8-16(19)9-7-13/h6-9,14-15H,2-5,10-12H2,1H3,(H,21,23)(H2,20,22,24). The van der Waals surface area contributed by atoms with Crippen LogP contribution in [-0.2, 0) is 11.2 Å². The van der Waals surface area contributed by atoms with Crippen LogP contribution in [0.25, 0.3) is 0 Å². The molecule has 1 saturated carbocycles. The minimum Gasteiger partial charge on any atom is -0.356 e. The van der Waals surface area contributed by atoms with Crippen molar-refractivity contribution in [2.24, 2.45) is 11.8 Å². The number of carbonyl (C=O) groups is 2. The van der Waals surface area contributed by atoms with Gasteiger partial charge in [-0.05, 0) is 55.2 Å². The third-order valence-corrected chi connectivity index (χ3v) is 4.86. The fourth-order valence-corrected chi connectivity index (χ4v) is 3.20. The van der Waals surface area contributed by atoms with E-state index in [1.165, 1.54) is 0 Å². The number of carbonyl (C=O) groups excluding carboxylic acids is 2. The van der Waals surface area contributed by atoms with Crippen LogP contribution in [0.2, 0.25) is 5.02 Å². The van der Waals surface area contributed by atoms with Crippen LogP contribution in [0.4, 0.5) is 4.79 Å². The van der Waals surface area contributed by atoms with E-state index in [-0.39, 0.29) is 11.9 Å². The Bertz CT molecular complexity index is 540. The molecule has 0 bridgehead atoms. The van der Waals surface area contributed by atoms with Crippen LogP contribution in [0.5, 0.6) is 0 Å². The molecular formula is C18H26ClN3O2. The van der Waals surface area contributed by atoms with Crippen molar-refractivity contribution in [2.45, 2.75) is 32.1 Å². The summed E-state index contributed by atoms with van der Waals surface area (Å²) in [5, 5.41) is 9.15. The summed E-state index contributed by atoms with van der Waals surface area (Å²) in [7, 11) is 1.62. The summed E-state index contributed by atoms with van der Waals surface area (Å²) < 4.78 is 0. The monoisotopic (exact) mass is 351 g/mol. The van der Waals surface area contributed by atoms with E-state index in [0.717, 1.165) is 44.3 Å². The number of hydrogen-bond acceptors (Lipinski definition) is 2. The molecule has 1 aliphatic rings. The molecule has 3 N–H and O–H groups in total. The van der Waals surface area contributed by atoms with Crippen molar-refractivity contribution in [1.82, 2.24) is 16.0 Å². The van der Waals surface area contributed by atoms with Gasteiger partial charge < -0.3 is 16.0 Å². The van der Waals surface area contributed by atoms with Gasteiger partial charge in [0.15, 0.2) is 0 Å². The van der Waals surface area contributed by atoms with Crippen molar-refractivity contribution in [2.75, 3.05) is 20.1 Å². The summed E-state index contributed by atoms with van der Waals surface area (Å²) in [4.78, 5) is 23.2. The Balaban J connectivity index is 1.62.